The van der Waals surface area contributed by atoms with Gasteiger partial charge in [0.15, 0.2) is 5.69 Å². The highest BCUT2D eigenvalue weighted by Gasteiger charge is 2.45. The van der Waals surface area contributed by atoms with Gasteiger partial charge in [0.05, 0.1) is 6.04 Å². The summed E-state index contributed by atoms with van der Waals surface area (Å²) in [5, 5.41) is 9.24. The third-order valence-electron chi connectivity index (χ3n) is 8.35. The molecule has 3 amide bonds. The predicted octanol–water partition coefficient (Wildman–Crippen LogP) is 7.51. The van der Waals surface area contributed by atoms with Crippen LogP contribution in [0.3, 0.4) is 0 Å². The quantitative estimate of drug-likeness (QED) is 0.307. The van der Waals surface area contributed by atoms with E-state index in [-0.39, 0.29) is 23.9 Å². The van der Waals surface area contributed by atoms with Gasteiger partial charge in [-0.25, -0.2) is 4.79 Å². The Hall–Kier alpha value is -3.03. The Morgan fingerprint density at radius 1 is 1.05 bits per heavy atom. The highest BCUT2D eigenvalue weighted by atomic mass is 35.5. The third-order valence-corrected chi connectivity index (χ3v) is 8.82. The summed E-state index contributed by atoms with van der Waals surface area (Å²) in [6.45, 7) is 13.3. The molecule has 3 aromatic rings. The minimum absolute atomic E-state index is 0.0226. The molecule has 9 heteroatoms. The largest absolute Gasteiger partial charge is 0.338 e. The SMILES string of the molecule is CCCNC(=O)N1CCC(Cn2nc3c(c2C(C)C)C(c2ccc(Cl)cc2C)N(c2cc(Cl)ccc2C)C3=O)CC1. The van der Waals surface area contributed by atoms with E-state index in [1.807, 2.05) is 60.0 Å². The van der Waals surface area contributed by atoms with Crippen molar-refractivity contribution >= 4 is 40.8 Å². The van der Waals surface area contributed by atoms with Gasteiger partial charge in [-0.3, -0.25) is 14.4 Å². The van der Waals surface area contributed by atoms with Crippen LogP contribution in [0.2, 0.25) is 10.0 Å². The highest BCUT2D eigenvalue weighted by molar-refractivity contribution is 6.31. The number of nitrogens with zero attached hydrogens (tertiary/aromatic N) is 4. The summed E-state index contributed by atoms with van der Waals surface area (Å²) in [5.41, 5.74) is 6.35. The molecule has 5 rings (SSSR count). The fourth-order valence-electron chi connectivity index (χ4n) is 6.26. The van der Waals surface area contributed by atoms with Crippen LogP contribution in [0.5, 0.6) is 0 Å². The molecule has 3 heterocycles. The monoisotopic (exact) mass is 595 g/mol. The van der Waals surface area contributed by atoms with Crippen molar-refractivity contribution in [1.29, 1.82) is 0 Å². The molecule has 1 aromatic heterocycles. The zero-order valence-corrected chi connectivity index (χ0v) is 26.0. The fourth-order valence-corrected chi connectivity index (χ4v) is 6.66. The van der Waals surface area contributed by atoms with Crippen LogP contribution >= 0.6 is 23.2 Å². The number of hydrogen-bond acceptors (Lipinski definition) is 3. The normalized spacial score (nSPS) is 17.5. The minimum atomic E-state index is -0.345. The van der Waals surface area contributed by atoms with E-state index in [2.05, 4.69) is 30.8 Å². The van der Waals surface area contributed by atoms with Crippen LogP contribution in [0.1, 0.15) is 90.4 Å². The predicted molar refractivity (Wildman–Crippen MR) is 165 cm³/mol. The van der Waals surface area contributed by atoms with E-state index in [1.165, 1.54) is 0 Å². The Bertz CT molecular complexity index is 1460. The number of halogens is 2. The fraction of sp³-hybridized carbons (Fsp3) is 0.469. The Morgan fingerprint density at radius 3 is 2.39 bits per heavy atom. The molecule has 2 aromatic carbocycles. The molecule has 1 N–H and O–H groups in total. The van der Waals surface area contributed by atoms with E-state index < -0.39 is 0 Å². The van der Waals surface area contributed by atoms with Crippen molar-refractivity contribution in [3.8, 4) is 0 Å². The Balaban J connectivity index is 1.52. The van der Waals surface area contributed by atoms with E-state index in [1.54, 1.807) is 0 Å². The number of benzene rings is 2. The molecule has 0 bridgehead atoms. The van der Waals surface area contributed by atoms with Gasteiger partial charge < -0.3 is 10.2 Å². The van der Waals surface area contributed by atoms with E-state index in [9.17, 15) is 9.59 Å². The second kappa shape index (κ2) is 12.1. The van der Waals surface area contributed by atoms with E-state index in [4.69, 9.17) is 28.3 Å². The minimum Gasteiger partial charge on any atom is -0.338 e. The number of likely N-dealkylation sites (tertiary alicyclic amines) is 1. The van der Waals surface area contributed by atoms with Crippen molar-refractivity contribution in [3.05, 3.63) is 80.1 Å². The number of aryl methyl sites for hydroxylation is 2. The van der Waals surface area contributed by atoms with Gasteiger partial charge in [-0.1, -0.05) is 56.1 Å². The molecule has 0 spiro atoms. The first-order chi connectivity index (χ1) is 19.6. The molecule has 1 unspecified atom stereocenters. The molecule has 7 nitrogen and oxygen atoms in total. The summed E-state index contributed by atoms with van der Waals surface area (Å²) < 4.78 is 2.07. The number of anilines is 1. The number of carbonyl (C=O) groups is 2. The molecule has 0 aliphatic carbocycles. The van der Waals surface area contributed by atoms with Gasteiger partial charge in [-0.2, -0.15) is 5.10 Å². The van der Waals surface area contributed by atoms with Crippen molar-refractivity contribution in [2.45, 2.75) is 72.4 Å². The van der Waals surface area contributed by atoms with Gasteiger partial charge in [0.25, 0.3) is 5.91 Å². The number of hydrogen-bond donors (Lipinski definition) is 1. The smallest absolute Gasteiger partial charge is 0.317 e. The second-order valence-corrected chi connectivity index (χ2v) is 12.5. The van der Waals surface area contributed by atoms with Gasteiger partial charge >= 0.3 is 6.03 Å². The van der Waals surface area contributed by atoms with Crippen molar-refractivity contribution < 1.29 is 9.59 Å². The molecule has 0 radical (unpaired) electrons. The average Bonchev–Trinajstić information content (AvgIpc) is 3.43. The Labute approximate surface area is 252 Å². The summed E-state index contributed by atoms with van der Waals surface area (Å²) in [4.78, 5) is 30.5. The first-order valence-corrected chi connectivity index (χ1v) is 15.3. The number of nitrogens with one attached hydrogen (secondary N) is 1. The lowest BCUT2D eigenvalue weighted by atomic mass is 9.91. The third kappa shape index (κ3) is 5.71. The molecular formula is C32H39Cl2N5O2. The lowest BCUT2D eigenvalue weighted by Gasteiger charge is -2.33. The summed E-state index contributed by atoms with van der Waals surface area (Å²) in [6, 6.07) is 11.2. The highest BCUT2D eigenvalue weighted by Crippen LogP contribution is 2.47. The van der Waals surface area contributed by atoms with Crippen LogP contribution in [0.25, 0.3) is 0 Å². The zero-order chi connectivity index (χ0) is 29.4. The molecule has 41 heavy (non-hydrogen) atoms. The van der Waals surface area contributed by atoms with E-state index in [0.29, 0.717) is 28.2 Å². The lowest BCUT2D eigenvalue weighted by molar-refractivity contribution is 0.0986. The summed E-state index contributed by atoms with van der Waals surface area (Å²) >= 11 is 12.8. The van der Waals surface area contributed by atoms with Crippen LogP contribution in [0.15, 0.2) is 36.4 Å². The van der Waals surface area contributed by atoms with Gasteiger partial charge in [0, 0.05) is 53.2 Å². The van der Waals surface area contributed by atoms with Gasteiger partial charge in [-0.15, -0.1) is 0 Å². The van der Waals surface area contributed by atoms with Crippen molar-refractivity contribution in [3.63, 3.8) is 0 Å². The van der Waals surface area contributed by atoms with Gasteiger partial charge in [-0.05, 0) is 85.9 Å². The van der Waals surface area contributed by atoms with E-state index in [0.717, 1.165) is 72.5 Å². The number of urea groups is 1. The topological polar surface area (TPSA) is 70.5 Å². The number of carbonyl (C=O) groups excluding carboxylic acids is 2. The van der Waals surface area contributed by atoms with Crippen LogP contribution in [-0.2, 0) is 6.54 Å². The average molecular weight is 597 g/mol. The number of piperidine rings is 1. The summed E-state index contributed by atoms with van der Waals surface area (Å²) in [5.74, 6) is 0.405. The lowest BCUT2D eigenvalue weighted by Crippen LogP contribution is -2.45. The first kappa shape index (κ1) is 29.5. The standard InChI is InChI=1S/C32H39Cl2N5O2/c1-6-13-35-32(41)37-14-11-22(12-15-37)18-38-29(19(2)3)27-28(36-38)31(40)39(26-17-24(34)8-7-20(26)4)30(27)25-10-9-23(33)16-21(25)5/h7-10,16-17,19,22,30H,6,11-15,18H2,1-5H3,(H,35,41). The second-order valence-electron chi connectivity index (χ2n) is 11.7. The van der Waals surface area contributed by atoms with Gasteiger partial charge in [0.1, 0.15) is 0 Å². The first-order valence-electron chi connectivity index (χ1n) is 14.6. The number of amides is 3. The maximum Gasteiger partial charge on any atom is 0.317 e. The van der Waals surface area contributed by atoms with Crippen molar-refractivity contribution in [2.24, 2.45) is 5.92 Å². The van der Waals surface area contributed by atoms with E-state index >= 15 is 0 Å². The molecule has 2 aliphatic heterocycles. The molecular weight excluding hydrogens is 557 g/mol. The molecule has 1 saturated heterocycles. The van der Waals surface area contributed by atoms with Crippen molar-refractivity contribution in [2.75, 3.05) is 24.5 Å². The van der Waals surface area contributed by atoms with Crippen LogP contribution < -0.4 is 10.2 Å². The van der Waals surface area contributed by atoms with Crippen LogP contribution in [-0.4, -0.2) is 46.3 Å². The number of aromatic nitrogens is 2. The van der Waals surface area contributed by atoms with Crippen LogP contribution in [0.4, 0.5) is 10.5 Å². The van der Waals surface area contributed by atoms with Gasteiger partial charge in [0.2, 0.25) is 0 Å². The summed E-state index contributed by atoms with van der Waals surface area (Å²) in [6.07, 6.45) is 2.74. The van der Waals surface area contributed by atoms with Crippen molar-refractivity contribution in [1.82, 2.24) is 20.0 Å². The maximum absolute atomic E-state index is 14.2. The Kier molecular flexibility index (Phi) is 8.67. The summed E-state index contributed by atoms with van der Waals surface area (Å²) in [7, 11) is 0. The molecule has 0 saturated carbocycles. The molecule has 218 valence electrons. The molecule has 1 atom stereocenters. The maximum atomic E-state index is 14.2. The van der Waals surface area contributed by atoms with Crippen LogP contribution in [0, 0.1) is 19.8 Å². The number of rotatable bonds is 7. The molecule has 2 aliphatic rings. The zero-order valence-electron chi connectivity index (χ0n) is 24.5. The number of fused-ring (bicyclic) bond motifs is 1. The Morgan fingerprint density at radius 2 is 1.73 bits per heavy atom. The molecule has 1 fully saturated rings.